The van der Waals surface area contributed by atoms with E-state index < -0.39 is 0 Å². The zero-order chi connectivity index (χ0) is 10.7. The van der Waals surface area contributed by atoms with Gasteiger partial charge in [-0.3, -0.25) is 4.79 Å². The van der Waals surface area contributed by atoms with E-state index in [4.69, 9.17) is 11.6 Å². The molecule has 2 unspecified atom stereocenters. The minimum atomic E-state index is -0.195. The summed E-state index contributed by atoms with van der Waals surface area (Å²) in [4.78, 5) is 11.5. The number of carbonyl (C=O) groups excluding carboxylic acids is 1. The van der Waals surface area contributed by atoms with E-state index in [1.54, 1.807) is 6.07 Å². The van der Waals surface area contributed by atoms with Crippen LogP contribution in [0.4, 0.5) is 0 Å². The Labute approximate surface area is 93.0 Å². The third-order valence-electron chi connectivity index (χ3n) is 2.76. The van der Waals surface area contributed by atoms with Crippen molar-refractivity contribution in [2.24, 2.45) is 5.92 Å². The van der Waals surface area contributed by atoms with E-state index >= 15 is 0 Å². The maximum Gasteiger partial charge on any atom is 0.273 e. The molecule has 0 spiro atoms. The number of hydrogen-bond acceptors (Lipinski definition) is 3. The summed E-state index contributed by atoms with van der Waals surface area (Å²) in [6, 6.07) is 1.54. The molecule has 1 amide bonds. The van der Waals surface area contributed by atoms with Crippen LogP contribution in [0.15, 0.2) is 16.9 Å². The van der Waals surface area contributed by atoms with Crippen LogP contribution >= 0.6 is 11.6 Å². The van der Waals surface area contributed by atoms with Gasteiger partial charge < -0.3 is 9.84 Å². The summed E-state index contributed by atoms with van der Waals surface area (Å²) in [5, 5.41) is 6.57. The fraction of sp³-hybridized carbons (Fsp3) is 0.600. The van der Waals surface area contributed by atoms with E-state index in [9.17, 15) is 4.79 Å². The second kappa shape index (κ2) is 4.66. The summed E-state index contributed by atoms with van der Waals surface area (Å²) < 4.78 is 4.59. The van der Waals surface area contributed by atoms with Crippen LogP contribution in [0, 0.1) is 5.92 Å². The molecule has 1 aromatic rings. The van der Waals surface area contributed by atoms with Gasteiger partial charge in [0.15, 0.2) is 5.69 Å². The van der Waals surface area contributed by atoms with Crippen molar-refractivity contribution >= 4 is 17.5 Å². The topological polar surface area (TPSA) is 55.1 Å². The lowest BCUT2D eigenvalue weighted by molar-refractivity contribution is 0.0938. The van der Waals surface area contributed by atoms with Gasteiger partial charge >= 0.3 is 0 Å². The maximum absolute atomic E-state index is 11.5. The molecule has 82 valence electrons. The molecule has 2 atom stereocenters. The van der Waals surface area contributed by atoms with Crippen LogP contribution in [0.2, 0.25) is 0 Å². The Morgan fingerprint density at radius 1 is 1.67 bits per heavy atom. The van der Waals surface area contributed by atoms with E-state index in [2.05, 4.69) is 15.0 Å². The summed E-state index contributed by atoms with van der Waals surface area (Å²) in [5.41, 5.74) is 0.319. The Hall–Kier alpha value is -1.03. The molecule has 0 radical (unpaired) electrons. The number of aromatic nitrogens is 1. The Kier molecular flexibility index (Phi) is 3.26. The first kappa shape index (κ1) is 10.5. The van der Waals surface area contributed by atoms with E-state index in [1.807, 2.05) is 0 Å². The minimum Gasteiger partial charge on any atom is -0.364 e. The number of nitrogens with zero attached hydrogens (tertiary/aromatic N) is 1. The normalized spacial score (nSPS) is 25.4. The third-order valence-corrected chi connectivity index (χ3v) is 3.34. The number of rotatable bonds is 3. The Balaban J connectivity index is 1.81. The van der Waals surface area contributed by atoms with Crippen molar-refractivity contribution in [1.29, 1.82) is 0 Å². The molecule has 1 aromatic heterocycles. The Bertz CT molecular complexity index is 326. The lowest BCUT2D eigenvalue weighted by atomic mass is 10.1. The molecular formula is C10H13ClN2O2. The van der Waals surface area contributed by atoms with Crippen LogP contribution in [-0.4, -0.2) is 23.0 Å². The standard InChI is InChI=1S/C10H13ClN2O2/c11-8-3-1-2-7(8)6-12-10(14)9-4-5-15-13-9/h4-5,7-8H,1-3,6H2,(H,12,14). The lowest BCUT2D eigenvalue weighted by Gasteiger charge is -2.13. The molecule has 15 heavy (non-hydrogen) atoms. The van der Waals surface area contributed by atoms with Crippen molar-refractivity contribution < 1.29 is 9.32 Å². The molecule has 1 aliphatic carbocycles. The predicted molar refractivity (Wildman–Crippen MR) is 55.8 cm³/mol. The highest BCUT2D eigenvalue weighted by atomic mass is 35.5. The summed E-state index contributed by atoms with van der Waals surface area (Å²) in [7, 11) is 0. The highest BCUT2D eigenvalue weighted by molar-refractivity contribution is 6.21. The summed E-state index contributed by atoms with van der Waals surface area (Å²) in [6.45, 7) is 0.625. The Morgan fingerprint density at radius 3 is 3.13 bits per heavy atom. The SMILES string of the molecule is O=C(NCC1CCCC1Cl)c1ccon1. The van der Waals surface area contributed by atoms with Crippen LogP contribution in [0.1, 0.15) is 29.8 Å². The van der Waals surface area contributed by atoms with E-state index in [1.165, 1.54) is 6.26 Å². The highest BCUT2D eigenvalue weighted by Gasteiger charge is 2.25. The summed E-state index contributed by atoms with van der Waals surface area (Å²) in [5.74, 6) is 0.196. The number of nitrogens with one attached hydrogen (secondary N) is 1. The molecule has 4 nitrogen and oxygen atoms in total. The zero-order valence-corrected chi connectivity index (χ0v) is 9.04. The molecule has 2 rings (SSSR count). The number of alkyl halides is 1. The molecule has 1 aliphatic rings. The fourth-order valence-electron chi connectivity index (χ4n) is 1.87. The van der Waals surface area contributed by atoms with Gasteiger partial charge in [-0.05, 0) is 18.8 Å². The zero-order valence-electron chi connectivity index (χ0n) is 8.28. The lowest BCUT2D eigenvalue weighted by Crippen LogP contribution is -2.31. The number of amides is 1. The smallest absolute Gasteiger partial charge is 0.273 e. The first-order valence-electron chi connectivity index (χ1n) is 5.10. The maximum atomic E-state index is 11.5. The van der Waals surface area contributed by atoms with Crippen molar-refractivity contribution in [2.45, 2.75) is 24.6 Å². The number of hydrogen-bond donors (Lipinski definition) is 1. The van der Waals surface area contributed by atoms with Gasteiger partial charge in [0.05, 0.1) is 0 Å². The van der Waals surface area contributed by atoms with Crippen LogP contribution in [0.5, 0.6) is 0 Å². The Morgan fingerprint density at radius 2 is 2.53 bits per heavy atom. The van der Waals surface area contributed by atoms with Gasteiger partial charge in [0.1, 0.15) is 6.26 Å². The first-order chi connectivity index (χ1) is 7.27. The molecular weight excluding hydrogens is 216 g/mol. The van der Waals surface area contributed by atoms with Crippen LogP contribution in [0.3, 0.4) is 0 Å². The van der Waals surface area contributed by atoms with E-state index in [0.717, 1.165) is 19.3 Å². The van der Waals surface area contributed by atoms with Gasteiger partial charge in [0.2, 0.25) is 0 Å². The molecule has 1 heterocycles. The molecule has 1 N–H and O–H groups in total. The van der Waals surface area contributed by atoms with Crippen molar-refractivity contribution in [3.8, 4) is 0 Å². The van der Waals surface area contributed by atoms with Crippen LogP contribution in [-0.2, 0) is 0 Å². The van der Waals surface area contributed by atoms with Crippen molar-refractivity contribution in [2.75, 3.05) is 6.54 Å². The minimum absolute atomic E-state index is 0.195. The van der Waals surface area contributed by atoms with Crippen molar-refractivity contribution in [1.82, 2.24) is 10.5 Å². The second-order valence-electron chi connectivity index (χ2n) is 3.80. The van der Waals surface area contributed by atoms with Crippen molar-refractivity contribution in [3.05, 3.63) is 18.0 Å². The monoisotopic (exact) mass is 228 g/mol. The third kappa shape index (κ3) is 2.50. The second-order valence-corrected chi connectivity index (χ2v) is 4.36. The first-order valence-corrected chi connectivity index (χ1v) is 5.53. The van der Waals surface area contributed by atoms with Gasteiger partial charge in [-0.1, -0.05) is 11.6 Å². The molecule has 0 saturated heterocycles. The van der Waals surface area contributed by atoms with Gasteiger partial charge in [-0.15, -0.1) is 11.6 Å². The largest absolute Gasteiger partial charge is 0.364 e. The predicted octanol–water partition coefficient (Wildman–Crippen LogP) is 1.81. The highest BCUT2D eigenvalue weighted by Crippen LogP contribution is 2.29. The van der Waals surface area contributed by atoms with Gasteiger partial charge in [0.25, 0.3) is 5.91 Å². The molecule has 1 fully saturated rings. The number of carbonyl (C=O) groups is 1. The number of halogens is 1. The van der Waals surface area contributed by atoms with Crippen LogP contribution < -0.4 is 5.32 Å². The van der Waals surface area contributed by atoms with Crippen molar-refractivity contribution in [3.63, 3.8) is 0 Å². The van der Waals surface area contributed by atoms with E-state index in [0.29, 0.717) is 18.2 Å². The molecule has 1 saturated carbocycles. The molecule has 0 aliphatic heterocycles. The molecule has 0 bridgehead atoms. The summed E-state index contributed by atoms with van der Waals surface area (Å²) in [6.07, 6.45) is 4.67. The average molecular weight is 229 g/mol. The van der Waals surface area contributed by atoms with Gasteiger partial charge in [-0.25, -0.2) is 0 Å². The fourth-order valence-corrected chi connectivity index (χ4v) is 2.23. The van der Waals surface area contributed by atoms with Gasteiger partial charge in [-0.2, -0.15) is 0 Å². The van der Waals surface area contributed by atoms with E-state index in [-0.39, 0.29) is 11.3 Å². The van der Waals surface area contributed by atoms with Gasteiger partial charge in [0, 0.05) is 18.0 Å². The molecule has 5 heteroatoms. The quantitative estimate of drug-likeness (QED) is 0.803. The summed E-state index contributed by atoms with van der Waals surface area (Å²) >= 11 is 6.10. The molecule has 0 aromatic carbocycles. The van der Waals surface area contributed by atoms with Crippen LogP contribution in [0.25, 0.3) is 0 Å². The average Bonchev–Trinajstić information content (AvgIpc) is 2.85.